The lowest BCUT2D eigenvalue weighted by Gasteiger charge is -2.10. The van der Waals surface area contributed by atoms with Gasteiger partial charge in [-0.1, -0.05) is 48.5 Å². The Balaban J connectivity index is 0.000000534. The first kappa shape index (κ1) is 24.8. The first-order valence-corrected chi connectivity index (χ1v) is 10.2. The van der Waals surface area contributed by atoms with E-state index >= 15 is 0 Å². The number of aryl methyl sites for hydroxylation is 1. The predicted octanol–water partition coefficient (Wildman–Crippen LogP) is 2.72. The monoisotopic (exact) mass is 439 g/mol. The quantitative estimate of drug-likeness (QED) is 0.281. The maximum absolute atomic E-state index is 13.1. The maximum atomic E-state index is 13.1. The van der Waals surface area contributed by atoms with E-state index in [2.05, 4.69) is 47.1 Å². The molecular weight excluding hydrogens is 410 g/mol. The van der Waals surface area contributed by atoms with Gasteiger partial charge in [0.1, 0.15) is 0 Å². The smallest absolute Gasteiger partial charge is 0.414 e. The fourth-order valence-corrected chi connectivity index (χ4v) is 3.42. The number of aromatic nitrogens is 1. The number of ketones is 1. The number of carbonyl (C=O) groups is 3. The van der Waals surface area contributed by atoms with Crippen LogP contribution in [0.2, 0.25) is 0 Å². The van der Waals surface area contributed by atoms with Gasteiger partial charge in [-0.2, -0.15) is 0 Å². The van der Waals surface area contributed by atoms with Gasteiger partial charge in [-0.05, 0) is 45.2 Å². The maximum Gasteiger partial charge on any atom is 0.414 e. The Bertz CT molecular complexity index is 1060. The number of nitrogens with zero attached hydrogens (tertiary/aromatic N) is 2. The average molecular weight is 440 g/mol. The van der Waals surface area contributed by atoms with Crippen LogP contribution < -0.4 is 5.32 Å². The summed E-state index contributed by atoms with van der Waals surface area (Å²) >= 11 is 0. The van der Waals surface area contributed by atoms with Gasteiger partial charge in [-0.3, -0.25) is 4.79 Å². The highest BCUT2D eigenvalue weighted by atomic mass is 16.4. The molecule has 3 rings (SSSR count). The van der Waals surface area contributed by atoms with Crippen LogP contribution in [0, 0.1) is 0 Å². The van der Waals surface area contributed by atoms with E-state index in [1.807, 2.05) is 43.4 Å². The number of carboxylic acids is 2. The fourth-order valence-electron chi connectivity index (χ4n) is 3.42. The molecule has 8 heteroatoms. The van der Waals surface area contributed by atoms with E-state index in [4.69, 9.17) is 19.8 Å². The molecule has 170 valence electrons. The molecule has 3 aromatic rings. The molecule has 0 aliphatic carbocycles. The number of fused-ring (bicyclic) bond motifs is 1. The molecule has 2 aromatic carbocycles. The lowest BCUT2D eigenvalue weighted by molar-refractivity contribution is -0.159. The zero-order valence-electron chi connectivity index (χ0n) is 18.5. The molecule has 0 unspecified atom stereocenters. The van der Waals surface area contributed by atoms with Gasteiger partial charge in [0.05, 0.1) is 17.8 Å². The Morgan fingerprint density at radius 1 is 0.938 bits per heavy atom. The second-order valence-corrected chi connectivity index (χ2v) is 7.53. The lowest BCUT2D eigenvalue weighted by Crippen LogP contribution is -2.26. The highest BCUT2D eigenvalue weighted by Gasteiger charge is 2.21. The van der Waals surface area contributed by atoms with Crippen LogP contribution in [0.5, 0.6) is 0 Å². The number of hydrogen-bond donors (Lipinski definition) is 3. The molecule has 8 nitrogen and oxygen atoms in total. The van der Waals surface area contributed by atoms with Crippen molar-refractivity contribution in [1.29, 1.82) is 0 Å². The zero-order chi connectivity index (χ0) is 23.7. The minimum atomic E-state index is -1.82. The Morgan fingerprint density at radius 2 is 1.53 bits per heavy atom. The van der Waals surface area contributed by atoms with E-state index in [0.29, 0.717) is 6.54 Å². The van der Waals surface area contributed by atoms with Crippen LogP contribution in [0.1, 0.15) is 16.8 Å². The minimum absolute atomic E-state index is 0.144. The molecule has 0 saturated carbocycles. The third-order valence-electron chi connectivity index (χ3n) is 4.86. The van der Waals surface area contributed by atoms with E-state index < -0.39 is 11.9 Å². The highest BCUT2D eigenvalue weighted by molar-refractivity contribution is 6.27. The van der Waals surface area contributed by atoms with Crippen LogP contribution in [0.3, 0.4) is 0 Å². The summed E-state index contributed by atoms with van der Waals surface area (Å²) in [7, 11) is 6.16. The molecule has 0 bridgehead atoms. The van der Waals surface area contributed by atoms with Gasteiger partial charge < -0.3 is 25.0 Å². The number of aliphatic carboxylic acids is 2. The molecule has 32 heavy (non-hydrogen) atoms. The number of benzene rings is 2. The van der Waals surface area contributed by atoms with E-state index in [1.54, 1.807) is 0 Å². The molecule has 0 aliphatic rings. The van der Waals surface area contributed by atoms with E-state index in [9.17, 15) is 4.79 Å². The molecule has 0 atom stereocenters. The van der Waals surface area contributed by atoms with Crippen LogP contribution in [0.15, 0.2) is 54.6 Å². The van der Waals surface area contributed by atoms with E-state index in [-0.39, 0.29) is 5.78 Å². The predicted molar refractivity (Wildman–Crippen MR) is 124 cm³/mol. The summed E-state index contributed by atoms with van der Waals surface area (Å²) in [5.41, 5.74) is 3.96. The molecule has 3 N–H and O–H groups in total. The largest absolute Gasteiger partial charge is 0.473 e. The van der Waals surface area contributed by atoms with Crippen molar-refractivity contribution in [1.82, 2.24) is 14.8 Å². The lowest BCUT2D eigenvalue weighted by atomic mass is 10.0. The Labute approximate surface area is 187 Å². The fraction of sp³-hybridized carbons (Fsp3) is 0.292. The van der Waals surface area contributed by atoms with Crippen molar-refractivity contribution in [3.63, 3.8) is 0 Å². The van der Waals surface area contributed by atoms with Crippen LogP contribution in [-0.2, 0) is 16.6 Å². The number of hydrogen-bond acceptors (Lipinski definition) is 5. The summed E-state index contributed by atoms with van der Waals surface area (Å²) in [6.45, 7) is 2.22. The summed E-state index contributed by atoms with van der Waals surface area (Å²) in [4.78, 5) is 33.4. The molecule has 0 spiro atoms. The van der Waals surface area contributed by atoms with Crippen LogP contribution in [0.25, 0.3) is 22.2 Å². The number of nitrogens with one attached hydrogen (secondary N) is 1. The molecule has 0 saturated heterocycles. The Hall–Kier alpha value is -3.49. The van der Waals surface area contributed by atoms with E-state index in [0.717, 1.165) is 47.2 Å². The first-order chi connectivity index (χ1) is 15.2. The van der Waals surface area contributed by atoms with Gasteiger partial charge in [-0.25, -0.2) is 9.59 Å². The Morgan fingerprint density at radius 3 is 2.12 bits per heavy atom. The molecule has 0 aliphatic heterocycles. The van der Waals surface area contributed by atoms with Crippen molar-refractivity contribution in [2.75, 3.05) is 33.7 Å². The molecule has 0 amide bonds. The van der Waals surface area contributed by atoms with Crippen LogP contribution in [0.4, 0.5) is 0 Å². The molecule has 0 radical (unpaired) electrons. The van der Waals surface area contributed by atoms with Gasteiger partial charge in [-0.15, -0.1) is 0 Å². The zero-order valence-corrected chi connectivity index (χ0v) is 18.5. The Kier molecular flexibility index (Phi) is 9.12. The van der Waals surface area contributed by atoms with Gasteiger partial charge in [0.25, 0.3) is 0 Å². The average Bonchev–Trinajstić information content (AvgIpc) is 3.07. The summed E-state index contributed by atoms with van der Waals surface area (Å²) in [5, 5.41) is 19.1. The molecule has 1 heterocycles. The topological polar surface area (TPSA) is 112 Å². The normalized spacial score (nSPS) is 10.6. The summed E-state index contributed by atoms with van der Waals surface area (Å²) in [6, 6.07) is 18.3. The van der Waals surface area contributed by atoms with Crippen molar-refractivity contribution in [2.24, 2.45) is 7.05 Å². The third-order valence-corrected chi connectivity index (χ3v) is 4.86. The third kappa shape index (κ3) is 6.50. The van der Waals surface area contributed by atoms with Crippen LogP contribution >= 0.6 is 0 Å². The van der Waals surface area contributed by atoms with Crippen molar-refractivity contribution >= 4 is 28.6 Å². The van der Waals surface area contributed by atoms with Crippen molar-refractivity contribution in [2.45, 2.75) is 6.42 Å². The number of carbonyl (C=O) groups excluding carboxylic acids is 1. The molecular formula is C24H29N3O5. The summed E-state index contributed by atoms with van der Waals surface area (Å²) < 4.78 is 2.13. The summed E-state index contributed by atoms with van der Waals surface area (Å²) in [6.07, 6.45) is 1.03. The molecule has 1 aromatic heterocycles. The number of Topliss-reactive ketones (excluding diaryl/α,β-unsaturated/α-hetero) is 1. The summed E-state index contributed by atoms with van der Waals surface area (Å²) in [5.74, 6) is -3.50. The van der Waals surface area contributed by atoms with Gasteiger partial charge in [0, 0.05) is 18.0 Å². The SMILES string of the molecule is CN(C)CCCNCC(=O)c1c(-c2ccccc2)n(C)c2ccccc12.O=C(O)C(=O)O. The number of carboxylic acid groups (broad SMARTS) is 2. The highest BCUT2D eigenvalue weighted by Crippen LogP contribution is 2.33. The van der Waals surface area contributed by atoms with Crippen molar-refractivity contribution < 1.29 is 24.6 Å². The standard InChI is InChI=1S/C22H27N3O.C2H2O4/c1-24(2)15-9-14-23-16-20(26)21-18-12-7-8-13-19(18)25(3)22(21)17-10-5-4-6-11-17;3-1(4)2(5)6/h4-8,10-13,23H,9,14-16H2,1-3H3;(H,3,4)(H,5,6). The van der Waals surface area contributed by atoms with Gasteiger partial charge in [0.2, 0.25) is 0 Å². The number of rotatable bonds is 8. The first-order valence-electron chi connectivity index (χ1n) is 10.2. The van der Waals surface area contributed by atoms with E-state index in [1.165, 1.54) is 0 Å². The molecule has 0 fully saturated rings. The second-order valence-electron chi connectivity index (χ2n) is 7.53. The van der Waals surface area contributed by atoms with Gasteiger partial charge in [0.15, 0.2) is 5.78 Å². The van der Waals surface area contributed by atoms with Crippen molar-refractivity contribution in [3.05, 3.63) is 60.2 Å². The van der Waals surface area contributed by atoms with Crippen LogP contribution in [-0.4, -0.2) is 71.1 Å². The second kappa shape index (κ2) is 11.8. The minimum Gasteiger partial charge on any atom is -0.473 e. The number of para-hydroxylation sites is 1. The van der Waals surface area contributed by atoms with Crippen molar-refractivity contribution in [3.8, 4) is 11.3 Å². The van der Waals surface area contributed by atoms with Gasteiger partial charge >= 0.3 is 11.9 Å².